The SMILES string of the molecule is CC(Oc1c(N)ncc2c(-c3cnn(C4CCNCC4)c3)coc12)c1c(Cl)c(F)cc(OC2CNC2)c1Cl. The van der Waals surface area contributed by atoms with Crippen LogP contribution in [-0.4, -0.2) is 47.0 Å². The number of benzene rings is 1. The molecule has 2 saturated heterocycles. The number of aromatic nitrogens is 3. The molecule has 12 heteroatoms. The highest BCUT2D eigenvalue weighted by atomic mass is 35.5. The van der Waals surface area contributed by atoms with Crippen molar-refractivity contribution in [1.29, 1.82) is 0 Å². The smallest absolute Gasteiger partial charge is 0.205 e. The maximum absolute atomic E-state index is 14.7. The van der Waals surface area contributed by atoms with Gasteiger partial charge in [0.15, 0.2) is 11.4 Å². The molecular formula is C26H27Cl2FN6O3. The van der Waals surface area contributed by atoms with Crippen molar-refractivity contribution in [2.24, 2.45) is 0 Å². The average molecular weight is 561 g/mol. The lowest BCUT2D eigenvalue weighted by atomic mass is 10.1. The van der Waals surface area contributed by atoms with E-state index in [1.807, 2.05) is 17.1 Å². The highest BCUT2D eigenvalue weighted by Gasteiger charge is 2.28. The lowest BCUT2D eigenvalue weighted by molar-refractivity contribution is 0.141. The molecule has 1 unspecified atom stereocenters. The second kappa shape index (κ2) is 10.3. The molecule has 0 aliphatic carbocycles. The summed E-state index contributed by atoms with van der Waals surface area (Å²) >= 11 is 13.0. The maximum atomic E-state index is 14.7. The predicted molar refractivity (Wildman–Crippen MR) is 144 cm³/mol. The van der Waals surface area contributed by atoms with E-state index < -0.39 is 11.9 Å². The summed E-state index contributed by atoms with van der Waals surface area (Å²) in [6.45, 7) is 4.96. The van der Waals surface area contributed by atoms with Gasteiger partial charge in [0.05, 0.1) is 27.7 Å². The van der Waals surface area contributed by atoms with Crippen LogP contribution < -0.4 is 25.8 Å². The number of furan rings is 1. The van der Waals surface area contributed by atoms with E-state index in [2.05, 4.69) is 20.7 Å². The molecular weight excluding hydrogens is 534 g/mol. The van der Waals surface area contributed by atoms with Crippen LogP contribution in [0.15, 0.2) is 35.3 Å². The Kier molecular flexibility index (Phi) is 6.81. The van der Waals surface area contributed by atoms with Crippen molar-refractivity contribution in [3.63, 3.8) is 0 Å². The number of nitrogens with zero attached hydrogens (tertiary/aromatic N) is 3. The molecule has 0 radical (unpaired) electrons. The third kappa shape index (κ3) is 4.55. The van der Waals surface area contributed by atoms with Gasteiger partial charge < -0.3 is 30.3 Å². The number of nitrogens with two attached hydrogens (primary N) is 1. The minimum absolute atomic E-state index is 0.0913. The molecule has 2 aliphatic heterocycles. The zero-order chi connectivity index (χ0) is 26.4. The Morgan fingerprint density at radius 3 is 2.71 bits per heavy atom. The predicted octanol–water partition coefficient (Wildman–Crippen LogP) is 5.13. The Morgan fingerprint density at radius 1 is 1.18 bits per heavy atom. The van der Waals surface area contributed by atoms with Crippen LogP contribution >= 0.6 is 23.2 Å². The summed E-state index contributed by atoms with van der Waals surface area (Å²) in [6, 6.07) is 1.55. The van der Waals surface area contributed by atoms with Crippen molar-refractivity contribution in [2.45, 2.75) is 38.0 Å². The van der Waals surface area contributed by atoms with E-state index in [4.69, 9.17) is 42.8 Å². The molecule has 4 N–H and O–H groups in total. The molecule has 2 fully saturated rings. The molecule has 9 nitrogen and oxygen atoms in total. The number of halogens is 3. The zero-order valence-electron chi connectivity index (χ0n) is 20.6. The van der Waals surface area contributed by atoms with Crippen LogP contribution in [0.2, 0.25) is 10.0 Å². The monoisotopic (exact) mass is 560 g/mol. The molecule has 0 spiro atoms. The number of piperidine rings is 1. The molecule has 4 aromatic rings. The highest BCUT2D eigenvalue weighted by Crippen LogP contribution is 2.44. The van der Waals surface area contributed by atoms with Gasteiger partial charge in [-0.15, -0.1) is 0 Å². The molecule has 2 aliphatic rings. The summed E-state index contributed by atoms with van der Waals surface area (Å²) in [4.78, 5) is 4.33. The first-order valence-corrected chi connectivity index (χ1v) is 13.3. The lowest BCUT2D eigenvalue weighted by Crippen LogP contribution is -2.50. The van der Waals surface area contributed by atoms with Gasteiger partial charge in [-0.3, -0.25) is 4.68 Å². The van der Waals surface area contributed by atoms with Crippen molar-refractivity contribution >= 4 is 40.0 Å². The fourth-order valence-corrected chi connectivity index (χ4v) is 5.57. The van der Waals surface area contributed by atoms with Crippen molar-refractivity contribution in [3.05, 3.63) is 52.3 Å². The standard InChI is InChI=1S/C26H27Cl2FN6O3/c1-13(21-22(27)19(29)6-20(23(21)28)38-16-8-32-9-16)37-25-24-17(10-33-26(25)30)18(12-36-24)14-7-34-35(11-14)15-2-4-31-5-3-15/h6-7,10-13,15-16,31-32H,2-5,8-9H2,1H3,(H2,30,33). The number of nitrogens with one attached hydrogen (secondary N) is 2. The minimum Gasteiger partial charge on any atom is -0.486 e. The summed E-state index contributed by atoms with van der Waals surface area (Å²) < 4.78 is 34.7. The molecule has 0 amide bonds. The molecule has 200 valence electrons. The Morgan fingerprint density at radius 2 is 1.97 bits per heavy atom. The molecule has 6 rings (SSSR count). The van der Waals surface area contributed by atoms with Crippen LogP contribution in [0.4, 0.5) is 10.2 Å². The first-order valence-electron chi connectivity index (χ1n) is 12.5. The van der Waals surface area contributed by atoms with Crippen LogP contribution in [0.5, 0.6) is 11.5 Å². The van der Waals surface area contributed by atoms with Crippen LogP contribution in [0, 0.1) is 5.82 Å². The van der Waals surface area contributed by atoms with Gasteiger partial charge in [0.2, 0.25) is 5.75 Å². The van der Waals surface area contributed by atoms with E-state index in [0.717, 1.165) is 37.1 Å². The number of hydrogen-bond donors (Lipinski definition) is 3. The first kappa shape index (κ1) is 25.2. The third-order valence-electron chi connectivity index (χ3n) is 7.09. The first-order chi connectivity index (χ1) is 18.4. The molecule has 5 heterocycles. The molecule has 1 aromatic carbocycles. The number of hydrogen-bond acceptors (Lipinski definition) is 8. The van der Waals surface area contributed by atoms with Crippen LogP contribution in [0.1, 0.15) is 37.5 Å². The maximum Gasteiger partial charge on any atom is 0.205 e. The molecule has 1 atom stereocenters. The van der Waals surface area contributed by atoms with Crippen LogP contribution in [-0.2, 0) is 0 Å². The number of fused-ring (bicyclic) bond motifs is 1. The Hall–Kier alpha value is -3.05. The van der Waals surface area contributed by atoms with Gasteiger partial charge in [0.1, 0.15) is 30.0 Å². The average Bonchev–Trinajstić information content (AvgIpc) is 3.54. The molecule has 3 aromatic heterocycles. The Bertz CT molecular complexity index is 1480. The molecule has 0 saturated carbocycles. The normalized spacial score (nSPS) is 17.5. The summed E-state index contributed by atoms with van der Waals surface area (Å²) in [5.74, 6) is -0.106. The van der Waals surface area contributed by atoms with Crippen molar-refractivity contribution in [3.8, 4) is 22.6 Å². The zero-order valence-corrected chi connectivity index (χ0v) is 22.2. The number of pyridine rings is 1. The van der Waals surface area contributed by atoms with Crippen LogP contribution in [0.3, 0.4) is 0 Å². The number of nitrogen functional groups attached to an aromatic ring is 1. The third-order valence-corrected chi connectivity index (χ3v) is 7.87. The van der Waals surface area contributed by atoms with Crippen LogP contribution in [0.25, 0.3) is 22.1 Å². The Labute approximate surface area is 228 Å². The van der Waals surface area contributed by atoms with Gasteiger partial charge in [-0.05, 0) is 32.9 Å². The largest absolute Gasteiger partial charge is 0.486 e. The number of rotatable bonds is 7. The summed E-state index contributed by atoms with van der Waals surface area (Å²) in [6.07, 6.45) is 8.28. The van der Waals surface area contributed by atoms with Gasteiger partial charge in [0, 0.05) is 48.2 Å². The van der Waals surface area contributed by atoms with E-state index in [1.54, 1.807) is 19.4 Å². The molecule has 38 heavy (non-hydrogen) atoms. The lowest BCUT2D eigenvalue weighted by Gasteiger charge is -2.29. The Balaban J connectivity index is 1.31. The van der Waals surface area contributed by atoms with E-state index in [0.29, 0.717) is 30.1 Å². The fourth-order valence-electron chi connectivity index (χ4n) is 4.87. The number of anilines is 1. The van der Waals surface area contributed by atoms with Crippen molar-refractivity contribution in [1.82, 2.24) is 25.4 Å². The highest BCUT2D eigenvalue weighted by molar-refractivity contribution is 6.37. The van der Waals surface area contributed by atoms with E-state index >= 15 is 0 Å². The number of ether oxygens (including phenoxy) is 2. The van der Waals surface area contributed by atoms with Gasteiger partial charge in [0.25, 0.3) is 0 Å². The quantitative estimate of drug-likeness (QED) is 0.266. The second-order valence-corrected chi connectivity index (χ2v) is 10.4. The van der Waals surface area contributed by atoms with Gasteiger partial charge in [-0.1, -0.05) is 23.2 Å². The molecule has 0 bridgehead atoms. The van der Waals surface area contributed by atoms with Gasteiger partial charge in [-0.25, -0.2) is 9.37 Å². The second-order valence-electron chi connectivity index (χ2n) is 9.61. The van der Waals surface area contributed by atoms with Gasteiger partial charge in [-0.2, -0.15) is 5.10 Å². The summed E-state index contributed by atoms with van der Waals surface area (Å²) in [5.41, 5.74) is 8.58. The van der Waals surface area contributed by atoms with E-state index in [1.165, 1.54) is 6.07 Å². The van der Waals surface area contributed by atoms with E-state index in [9.17, 15) is 4.39 Å². The van der Waals surface area contributed by atoms with Crippen molar-refractivity contribution in [2.75, 3.05) is 31.9 Å². The topological polar surface area (TPSA) is 112 Å². The van der Waals surface area contributed by atoms with E-state index in [-0.39, 0.29) is 39.0 Å². The summed E-state index contributed by atoms with van der Waals surface area (Å²) in [5, 5.41) is 11.8. The summed E-state index contributed by atoms with van der Waals surface area (Å²) in [7, 11) is 0. The fraction of sp³-hybridized carbons (Fsp3) is 0.385. The minimum atomic E-state index is -0.793. The van der Waals surface area contributed by atoms with Gasteiger partial charge >= 0.3 is 0 Å². The van der Waals surface area contributed by atoms with Crippen molar-refractivity contribution < 1.29 is 18.3 Å².